The van der Waals surface area contributed by atoms with Gasteiger partial charge in [-0.1, -0.05) is 0 Å². The molecular formula is C9H14N2S. The zero-order valence-corrected chi connectivity index (χ0v) is 8.40. The summed E-state index contributed by atoms with van der Waals surface area (Å²) in [6.45, 7) is 3.30. The lowest BCUT2D eigenvalue weighted by molar-refractivity contribution is 0.321. The van der Waals surface area contributed by atoms with Crippen LogP contribution in [0.25, 0.3) is 0 Å². The van der Waals surface area contributed by atoms with Crippen LogP contribution in [-0.2, 0) is 0 Å². The Hall–Kier alpha value is -0.410. The Morgan fingerprint density at radius 3 is 3.00 bits per heavy atom. The fourth-order valence-electron chi connectivity index (χ4n) is 1.81. The van der Waals surface area contributed by atoms with Gasteiger partial charge in [-0.3, -0.25) is 4.90 Å². The number of rotatable bonds is 1. The highest BCUT2D eigenvalue weighted by molar-refractivity contribution is 7.05. The maximum atomic E-state index is 4.31. The Kier molecular flexibility index (Phi) is 2.15. The third kappa shape index (κ3) is 1.39. The van der Waals surface area contributed by atoms with Gasteiger partial charge in [-0.15, -0.1) is 0 Å². The summed E-state index contributed by atoms with van der Waals surface area (Å²) in [6, 6.07) is 2.87. The molecule has 1 saturated heterocycles. The molecule has 0 amide bonds. The van der Waals surface area contributed by atoms with Gasteiger partial charge in [0.2, 0.25) is 0 Å². The Balaban J connectivity index is 2.19. The lowest BCUT2D eigenvalue weighted by Crippen LogP contribution is -2.16. The van der Waals surface area contributed by atoms with Gasteiger partial charge in [0.1, 0.15) is 0 Å². The van der Waals surface area contributed by atoms with Gasteiger partial charge in [0, 0.05) is 10.9 Å². The maximum absolute atomic E-state index is 4.31. The first kappa shape index (κ1) is 8.20. The molecule has 12 heavy (non-hydrogen) atoms. The van der Waals surface area contributed by atoms with E-state index in [9.17, 15) is 0 Å². The third-order valence-corrected chi connectivity index (χ3v) is 3.48. The summed E-state index contributed by atoms with van der Waals surface area (Å²) >= 11 is 1.66. The van der Waals surface area contributed by atoms with Crippen molar-refractivity contribution in [3.05, 3.63) is 16.6 Å². The second kappa shape index (κ2) is 3.15. The van der Waals surface area contributed by atoms with Crippen LogP contribution < -0.4 is 0 Å². The Morgan fingerprint density at radius 1 is 1.67 bits per heavy atom. The van der Waals surface area contributed by atoms with E-state index in [0.29, 0.717) is 6.04 Å². The molecule has 2 nitrogen and oxygen atoms in total. The molecule has 1 atom stereocenters. The number of likely N-dealkylation sites (tertiary alicyclic amines) is 1. The van der Waals surface area contributed by atoms with Gasteiger partial charge >= 0.3 is 0 Å². The topological polar surface area (TPSA) is 16.1 Å². The summed E-state index contributed by atoms with van der Waals surface area (Å²) in [5, 5.41) is 0. The van der Waals surface area contributed by atoms with E-state index in [4.69, 9.17) is 0 Å². The fraction of sp³-hybridized carbons (Fsp3) is 0.667. The van der Waals surface area contributed by atoms with E-state index in [2.05, 4.69) is 29.3 Å². The summed E-state index contributed by atoms with van der Waals surface area (Å²) < 4.78 is 4.31. The van der Waals surface area contributed by atoms with E-state index in [0.717, 1.165) is 5.69 Å². The average molecular weight is 182 g/mol. The first-order valence-corrected chi connectivity index (χ1v) is 5.18. The molecule has 0 radical (unpaired) electrons. The highest BCUT2D eigenvalue weighted by Crippen LogP contribution is 2.32. The number of hydrogen-bond donors (Lipinski definition) is 0. The monoisotopic (exact) mass is 182 g/mol. The van der Waals surface area contributed by atoms with Crippen molar-refractivity contribution in [3.63, 3.8) is 0 Å². The molecule has 1 unspecified atom stereocenters. The zero-order valence-electron chi connectivity index (χ0n) is 7.58. The van der Waals surface area contributed by atoms with Gasteiger partial charge in [-0.25, -0.2) is 0 Å². The average Bonchev–Trinajstić information content (AvgIpc) is 2.58. The number of hydrogen-bond acceptors (Lipinski definition) is 3. The third-order valence-electron chi connectivity index (χ3n) is 2.50. The molecule has 0 aromatic carbocycles. The molecule has 2 rings (SSSR count). The van der Waals surface area contributed by atoms with Gasteiger partial charge in [0.25, 0.3) is 0 Å². The van der Waals surface area contributed by atoms with E-state index < -0.39 is 0 Å². The van der Waals surface area contributed by atoms with E-state index in [-0.39, 0.29) is 0 Å². The minimum atomic E-state index is 0.649. The molecule has 1 aromatic rings. The lowest BCUT2D eigenvalue weighted by atomic mass is 10.2. The smallest absolute Gasteiger partial charge is 0.0514 e. The Morgan fingerprint density at radius 2 is 2.50 bits per heavy atom. The van der Waals surface area contributed by atoms with Gasteiger partial charge in [0.15, 0.2) is 0 Å². The summed E-state index contributed by atoms with van der Waals surface area (Å²) in [7, 11) is 2.20. The summed E-state index contributed by atoms with van der Waals surface area (Å²) in [6.07, 6.45) is 2.64. The fourth-order valence-corrected chi connectivity index (χ4v) is 2.75. The van der Waals surface area contributed by atoms with Crippen molar-refractivity contribution in [2.24, 2.45) is 0 Å². The molecule has 1 fully saturated rings. The van der Waals surface area contributed by atoms with E-state index >= 15 is 0 Å². The maximum Gasteiger partial charge on any atom is 0.0514 e. The highest BCUT2D eigenvalue weighted by Gasteiger charge is 2.23. The molecule has 0 N–H and O–H groups in total. The van der Waals surface area contributed by atoms with Crippen molar-refractivity contribution in [1.82, 2.24) is 9.27 Å². The molecule has 0 spiro atoms. The quantitative estimate of drug-likeness (QED) is 0.662. The zero-order chi connectivity index (χ0) is 8.55. The standard InChI is InChI=1S/C9H14N2S/c1-7-6-9(12-10-7)8-4-3-5-11(8)2/h6,8H,3-5H2,1-2H3. The molecule has 0 saturated carbocycles. The van der Waals surface area contributed by atoms with Gasteiger partial charge in [-0.05, 0) is 51.0 Å². The second-order valence-electron chi connectivity index (χ2n) is 3.51. The van der Waals surface area contributed by atoms with Crippen LogP contribution in [0.5, 0.6) is 0 Å². The van der Waals surface area contributed by atoms with Crippen LogP contribution in [0.2, 0.25) is 0 Å². The van der Waals surface area contributed by atoms with Crippen molar-refractivity contribution in [2.75, 3.05) is 13.6 Å². The minimum Gasteiger partial charge on any atom is -0.298 e. The van der Waals surface area contributed by atoms with Crippen LogP contribution in [0.1, 0.15) is 29.5 Å². The first-order valence-electron chi connectivity index (χ1n) is 4.41. The predicted molar refractivity (Wildman–Crippen MR) is 51.5 cm³/mol. The van der Waals surface area contributed by atoms with Crippen LogP contribution >= 0.6 is 11.5 Å². The molecule has 1 aliphatic heterocycles. The molecule has 1 aromatic heterocycles. The first-order chi connectivity index (χ1) is 5.77. The normalized spacial score (nSPS) is 25.0. The van der Waals surface area contributed by atoms with Crippen molar-refractivity contribution in [3.8, 4) is 0 Å². The molecular weight excluding hydrogens is 168 g/mol. The van der Waals surface area contributed by atoms with Gasteiger partial charge in [-0.2, -0.15) is 4.37 Å². The SMILES string of the molecule is Cc1cc(C2CCCN2C)sn1. The number of aryl methyl sites for hydroxylation is 1. The van der Waals surface area contributed by atoms with Crippen LogP contribution in [0, 0.1) is 6.92 Å². The molecule has 2 heterocycles. The van der Waals surface area contributed by atoms with Gasteiger partial charge in [0.05, 0.1) is 5.69 Å². The van der Waals surface area contributed by atoms with Crippen molar-refractivity contribution < 1.29 is 0 Å². The van der Waals surface area contributed by atoms with Crippen LogP contribution in [0.4, 0.5) is 0 Å². The molecule has 66 valence electrons. The lowest BCUT2D eigenvalue weighted by Gasteiger charge is -2.16. The Labute approximate surface area is 77.4 Å². The Bertz CT molecular complexity index is 269. The van der Waals surface area contributed by atoms with Crippen LogP contribution in [0.15, 0.2) is 6.07 Å². The molecule has 1 aliphatic rings. The summed E-state index contributed by atoms with van der Waals surface area (Å²) in [5.74, 6) is 0. The minimum absolute atomic E-state index is 0.649. The molecule has 3 heteroatoms. The molecule has 0 aliphatic carbocycles. The van der Waals surface area contributed by atoms with E-state index in [1.54, 1.807) is 11.5 Å². The van der Waals surface area contributed by atoms with Crippen molar-refractivity contribution in [2.45, 2.75) is 25.8 Å². The van der Waals surface area contributed by atoms with E-state index in [1.807, 2.05) is 0 Å². The highest BCUT2D eigenvalue weighted by atomic mass is 32.1. The van der Waals surface area contributed by atoms with E-state index in [1.165, 1.54) is 24.3 Å². The number of aromatic nitrogens is 1. The van der Waals surface area contributed by atoms with Gasteiger partial charge < -0.3 is 0 Å². The summed E-state index contributed by atoms with van der Waals surface area (Å²) in [5.41, 5.74) is 1.16. The summed E-state index contributed by atoms with van der Waals surface area (Å²) in [4.78, 5) is 3.86. The van der Waals surface area contributed by atoms with Crippen LogP contribution in [-0.4, -0.2) is 22.9 Å². The second-order valence-corrected chi connectivity index (χ2v) is 4.35. The largest absolute Gasteiger partial charge is 0.298 e. The van der Waals surface area contributed by atoms with Crippen LogP contribution in [0.3, 0.4) is 0 Å². The van der Waals surface area contributed by atoms with Crippen molar-refractivity contribution >= 4 is 11.5 Å². The number of nitrogens with zero attached hydrogens (tertiary/aromatic N) is 2. The predicted octanol–water partition coefficient (Wildman–Crippen LogP) is 2.22. The molecule has 0 bridgehead atoms. The van der Waals surface area contributed by atoms with Crippen molar-refractivity contribution in [1.29, 1.82) is 0 Å².